The van der Waals surface area contributed by atoms with Crippen molar-refractivity contribution in [3.8, 4) is 0 Å². The monoisotopic (exact) mass is 1490 g/mol. The Morgan fingerprint density at radius 2 is 0.707 bits per heavy atom. The largest absolute Gasteiger partial charge is 0.386 e. The fourth-order valence-electron chi connectivity index (χ4n) is 6.24. The molecule has 0 spiro atoms. The van der Waals surface area contributed by atoms with Crippen LogP contribution < -0.4 is 0 Å². The topological polar surface area (TPSA) is 141 Å². The van der Waals surface area contributed by atoms with E-state index in [1.165, 1.54) is 68.5 Å². The fraction of sp³-hybridized carbons (Fsp3) is 0.658. The van der Waals surface area contributed by atoms with E-state index in [2.05, 4.69) is 286 Å². The Hall–Kier alpha value is -4.60. The lowest BCUT2D eigenvalue weighted by Crippen LogP contribution is -2.10. The molecule has 0 amide bonds. The summed E-state index contributed by atoms with van der Waals surface area (Å²) in [6.45, 7) is 80.6. The van der Waals surface area contributed by atoms with E-state index >= 15 is 0 Å². The quantitative estimate of drug-likeness (QED) is 0.144. The number of aryl methyl sites for hydroxylation is 3. The molecule has 2 aliphatic rings. The highest BCUT2D eigenvalue weighted by Gasteiger charge is 2.22. The lowest BCUT2D eigenvalue weighted by molar-refractivity contribution is -0.110. The molecule has 0 bridgehead atoms. The predicted octanol–water partition coefficient (Wildman–Crippen LogP) is 27.8. The van der Waals surface area contributed by atoms with Gasteiger partial charge >= 0.3 is 6.18 Å². The predicted molar refractivity (Wildman–Crippen MR) is 441 cm³/mol. The molecule has 0 radical (unpaired) electrons. The Labute approximate surface area is 629 Å². The van der Waals surface area contributed by atoms with Gasteiger partial charge in [-0.1, -0.05) is 280 Å². The number of hydrogen-bond acceptors (Lipinski definition) is 17. The summed E-state index contributed by atoms with van der Waals surface area (Å²) in [4.78, 5) is 33.8. The standard InChI is InChI=1S/C9H13N.C9H14.C8H13N.3C7H12N2S.3C7H11NS.C2H3F3.4C2H6.CH4/c1-9(2,3)8-5-4-6-10-7-8;1-9(2,3)8-6-4-5-7-8;1-8(2,3)7-5-4-6-9-7;3*1-5-8-6(10-9-5)7(2,3)4;3*1-7(2,3)6-4-9-5-8-6;1-2(3,4)5;4*1-2;/h4-7H,1-3H3;4,6-7H,5H2,1-3H3;5-6H,4H2,1-3H3;3*1-4H3;3*4-5H,1-3H3;1H3;4*1-2H3;1H4. The van der Waals surface area contributed by atoms with Crippen LogP contribution in [0.2, 0.25) is 0 Å². The number of alkyl halides is 3. The third-order valence-corrected chi connectivity index (χ3v) is 17.1. The number of allylic oxidation sites excluding steroid dienone is 6. The number of thiazole rings is 3. The van der Waals surface area contributed by atoms with Gasteiger partial charge in [-0.05, 0) is 89.8 Å². The lowest BCUT2D eigenvalue weighted by atomic mass is 9.87. The first-order valence-electron chi connectivity index (χ1n) is 34.3. The Bertz CT molecular complexity index is 2850. The van der Waals surface area contributed by atoms with E-state index in [0.717, 1.165) is 45.3 Å². The van der Waals surface area contributed by atoms with Gasteiger partial charge in [-0.25, -0.2) is 29.9 Å². The maximum atomic E-state index is 10.4. The molecule has 0 aromatic carbocycles. The van der Waals surface area contributed by atoms with Crippen molar-refractivity contribution in [1.82, 2.24) is 48.0 Å². The molecule has 568 valence electrons. The van der Waals surface area contributed by atoms with Gasteiger partial charge in [-0.3, -0.25) is 9.98 Å². The smallest absolute Gasteiger partial charge is 0.265 e. The summed E-state index contributed by atoms with van der Waals surface area (Å²) in [6.07, 6.45) is 12.7. The van der Waals surface area contributed by atoms with E-state index in [-0.39, 0.29) is 57.7 Å². The van der Waals surface area contributed by atoms with Crippen molar-refractivity contribution >= 4 is 74.8 Å². The Balaban J connectivity index is -0.000000240. The van der Waals surface area contributed by atoms with E-state index in [1.807, 2.05) is 111 Å². The van der Waals surface area contributed by atoms with Crippen LogP contribution in [0, 0.1) is 31.6 Å². The SMILES string of the molecule is C.CC.CC.CC.CC.CC(C)(C)C1=CCC=C1.CC(C)(C)C1=CCC=N1.CC(C)(C)c1cccnc1.CC(C)(C)c1cscn1.CC(C)(C)c1cscn1.CC(C)(C)c1cscn1.CC(F)(F)F.Cc1nsc(C(C)(C)C)n1.Cc1nsc(C(C)(C)C)n1.Cc1nsc(C(C)(C)C)n1. The van der Waals surface area contributed by atoms with Crippen LogP contribution in [-0.2, 0) is 37.9 Å². The molecule has 9 rings (SSSR count). The molecule has 0 saturated heterocycles. The molecule has 20 heteroatoms. The van der Waals surface area contributed by atoms with Gasteiger partial charge in [-0.2, -0.15) is 26.3 Å². The molecule has 1 aliphatic heterocycles. The normalized spacial score (nSPS) is 12.2. The minimum absolute atomic E-state index is 0. The molecule has 7 aromatic heterocycles. The van der Waals surface area contributed by atoms with Crippen LogP contribution in [0.1, 0.15) is 325 Å². The number of aromatic nitrogens is 10. The van der Waals surface area contributed by atoms with Crippen molar-refractivity contribution in [1.29, 1.82) is 0 Å². The van der Waals surface area contributed by atoms with Crippen molar-refractivity contribution in [3.05, 3.63) is 148 Å². The van der Waals surface area contributed by atoms with Gasteiger partial charge in [0.1, 0.15) is 32.5 Å². The first kappa shape index (κ1) is 105. The van der Waals surface area contributed by atoms with Crippen LogP contribution in [0.15, 0.2) is 97.8 Å². The molecule has 0 atom stereocenters. The van der Waals surface area contributed by atoms with Crippen LogP contribution in [0.5, 0.6) is 0 Å². The summed E-state index contributed by atoms with van der Waals surface area (Å²) >= 11 is 9.45. The maximum absolute atomic E-state index is 10.4. The van der Waals surface area contributed by atoms with E-state index < -0.39 is 6.18 Å². The van der Waals surface area contributed by atoms with Gasteiger partial charge in [0.05, 0.1) is 33.6 Å². The molecule has 99 heavy (non-hydrogen) atoms. The van der Waals surface area contributed by atoms with Crippen molar-refractivity contribution in [3.63, 3.8) is 0 Å². The number of halogens is 3. The number of nitrogens with zero attached hydrogens (tertiary/aromatic N) is 11. The Kier molecular flexibility index (Phi) is 54.0. The van der Waals surface area contributed by atoms with Gasteiger partial charge in [0.15, 0.2) is 0 Å². The van der Waals surface area contributed by atoms with Gasteiger partial charge in [0, 0.05) is 91.7 Å². The molecule has 8 heterocycles. The molecule has 7 aromatic rings. The lowest BCUT2D eigenvalue weighted by Gasteiger charge is -2.18. The summed E-state index contributed by atoms with van der Waals surface area (Å²) in [5.74, 6) is 2.65. The first-order valence-corrected chi connectivity index (χ1v) is 39.4. The van der Waals surface area contributed by atoms with E-state index in [4.69, 9.17) is 0 Å². The van der Waals surface area contributed by atoms with Crippen molar-refractivity contribution < 1.29 is 13.2 Å². The summed E-state index contributed by atoms with van der Waals surface area (Å²) in [5.41, 5.74) is 15.1. The van der Waals surface area contributed by atoms with E-state index in [1.54, 1.807) is 40.2 Å². The zero-order valence-corrected chi connectivity index (χ0v) is 73.5. The van der Waals surface area contributed by atoms with Crippen molar-refractivity contribution in [2.45, 2.75) is 334 Å². The highest BCUT2D eigenvalue weighted by molar-refractivity contribution is 7.08. The van der Waals surface area contributed by atoms with Gasteiger partial charge < -0.3 is 0 Å². The molecule has 0 N–H and O–H groups in total. The second-order valence-corrected chi connectivity index (χ2v) is 35.2. The van der Waals surface area contributed by atoms with Crippen LogP contribution in [0.25, 0.3) is 0 Å². The molecular weight excluding hydrogens is 1350 g/mol. The van der Waals surface area contributed by atoms with E-state index in [9.17, 15) is 13.2 Å². The number of hydrogen-bond donors (Lipinski definition) is 0. The summed E-state index contributed by atoms with van der Waals surface area (Å²) < 4.78 is 43.4. The zero-order chi connectivity index (χ0) is 78.0. The fourth-order valence-corrected chi connectivity index (χ4v) is 10.7. The summed E-state index contributed by atoms with van der Waals surface area (Å²) in [6, 6.07) is 4.08. The van der Waals surface area contributed by atoms with Gasteiger partial charge in [0.25, 0.3) is 0 Å². The highest BCUT2D eigenvalue weighted by Crippen LogP contribution is 2.31. The zero-order valence-electron chi connectivity index (χ0n) is 68.6. The molecule has 1 aliphatic carbocycles. The van der Waals surface area contributed by atoms with Crippen LogP contribution in [-0.4, -0.2) is 60.4 Å². The minimum Gasteiger partial charge on any atom is -0.265 e. The Morgan fingerprint density at radius 1 is 0.394 bits per heavy atom. The van der Waals surface area contributed by atoms with Crippen LogP contribution in [0.4, 0.5) is 13.2 Å². The maximum Gasteiger partial charge on any atom is 0.386 e. The number of aliphatic imine (C=N–C) groups is 1. The first-order chi connectivity index (χ1) is 44.6. The Morgan fingerprint density at radius 3 is 0.818 bits per heavy atom. The highest BCUT2D eigenvalue weighted by atomic mass is 32.1. The molecule has 11 nitrogen and oxygen atoms in total. The third kappa shape index (κ3) is 54.7. The molecule has 0 fully saturated rings. The average Bonchev–Trinajstić information content (AvgIpc) is 1.58. The molecule has 0 saturated carbocycles. The van der Waals surface area contributed by atoms with Crippen LogP contribution in [0.3, 0.4) is 0 Å². The average molecular weight is 1490 g/mol. The van der Waals surface area contributed by atoms with E-state index in [0.29, 0.717) is 5.41 Å². The number of pyridine rings is 1. The summed E-state index contributed by atoms with van der Waals surface area (Å²) in [5, 5.41) is 9.64. The number of rotatable bonds is 0. The van der Waals surface area contributed by atoms with Crippen molar-refractivity contribution in [2.24, 2.45) is 15.8 Å². The summed E-state index contributed by atoms with van der Waals surface area (Å²) in [7, 11) is 0. The second kappa shape index (κ2) is 50.7. The van der Waals surface area contributed by atoms with Gasteiger partial charge in [-0.15, -0.1) is 34.0 Å². The molecular formula is C79H140F3N11S6. The third-order valence-electron chi connectivity index (χ3n) is 11.7. The molecule has 0 unspecified atom stereocenters. The van der Waals surface area contributed by atoms with Gasteiger partial charge in [0.2, 0.25) is 0 Å². The van der Waals surface area contributed by atoms with Crippen LogP contribution >= 0.6 is 68.6 Å². The minimum atomic E-state index is -4.00. The second-order valence-electron chi connectivity index (χ2n) is 30.8. The van der Waals surface area contributed by atoms with Crippen molar-refractivity contribution in [2.75, 3.05) is 0 Å².